The van der Waals surface area contributed by atoms with E-state index in [1.165, 1.54) is 29.8 Å². The third-order valence-corrected chi connectivity index (χ3v) is 6.21. The van der Waals surface area contributed by atoms with Gasteiger partial charge in [0, 0.05) is 26.2 Å². The molecule has 1 aromatic carbocycles. The highest BCUT2D eigenvalue weighted by molar-refractivity contribution is 7.89. The zero-order chi connectivity index (χ0) is 18.7. The molecule has 0 saturated carbocycles. The van der Waals surface area contributed by atoms with E-state index in [0.29, 0.717) is 44.0 Å². The second-order valence-electron chi connectivity index (χ2n) is 5.88. The highest BCUT2D eigenvalue weighted by atomic mass is 32.2. The van der Waals surface area contributed by atoms with E-state index in [0.717, 1.165) is 12.1 Å². The van der Waals surface area contributed by atoms with Gasteiger partial charge < -0.3 is 9.15 Å². The third kappa shape index (κ3) is 3.79. The minimum absolute atomic E-state index is 0.0753. The Kier molecular flexibility index (Phi) is 5.40. The van der Waals surface area contributed by atoms with Crippen molar-refractivity contribution in [2.75, 3.05) is 33.3 Å². The lowest BCUT2D eigenvalue weighted by atomic mass is 10.2. The molecule has 9 heteroatoms. The van der Waals surface area contributed by atoms with Crippen LogP contribution in [0.4, 0.5) is 4.39 Å². The molecular formula is C17H19FN2O5S. The van der Waals surface area contributed by atoms with Gasteiger partial charge in [-0.1, -0.05) is 0 Å². The van der Waals surface area contributed by atoms with Crippen LogP contribution in [0.2, 0.25) is 0 Å². The van der Waals surface area contributed by atoms with Gasteiger partial charge in [-0.3, -0.25) is 4.90 Å². The van der Waals surface area contributed by atoms with E-state index in [1.807, 2.05) is 4.90 Å². The van der Waals surface area contributed by atoms with Gasteiger partial charge in [-0.25, -0.2) is 17.6 Å². The van der Waals surface area contributed by atoms with E-state index in [-0.39, 0.29) is 4.90 Å². The number of esters is 1. The maximum Gasteiger partial charge on any atom is 0.341 e. The molecule has 7 nitrogen and oxygen atoms in total. The standard InChI is InChI=1S/C17H19FN2O5S/c1-24-17(21)15-6-11-25-16(15)12-19-7-9-20(10-8-19)26(22,23)14-4-2-13(18)3-5-14/h2-6,11H,7-10,12H2,1H3. The Labute approximate surface area is 151 Å². The minimum Gasteiger partial charge on any atom is -0.467 e. The van der Waals surface area contributed by atoms with Gasteiger partial charge in [-0.15, -0.1) is 0 Å². The first-order valence-corrected chi connectivity index (χ1v) is 9.48. The fraction of sp³-hybridized carbons (Fsp3) is 0.353. The average molecular weight is 382 g/mol. The molecule has 1 aromatic heterocycles. The monoisotopic (exact) mass is 382 g/mol. The molecule has 3 rings (SSSR count). The molecule has 1 aliphatic rings. The first kappa shape index (κ1) is 18.6. The molecule has 0 atom stereocenters. The number of carbonyl (C=O) groups excluding carboxylic acids is 1. The van der Waals surface area contributed by atoms with Crippen LogP contribution >= 0.6 is 0 Å². The second kappa shape index (κ2) is 7.56. The molecule has 2 heterocycles. The highest BCUT2D eigenvalue weighted by Crippen LogP contribution is 2.20. The highest BCUT2D eigenvalue weighted by Gasteiger charge is 2.29. The normalized spacial score (nSPS) is 16.5. The Morgan fingerprint density at radius 3 is 2.42 bits per heavy atom. The van der Waals surface area contributed by atoms with Gasteiger partial charge in [0.1, 0.15) is 17.1 Å². The molecule has 0 aliphatic carbocycles. The Morgan fingerprint density at radius 1 is 1.15 bits per heavy atom. The molecule has 26 heavy (non-hydrogen) atoms. The smallest absolute Gasteiger partial charge is 0.341 e. The lowest BCUT2D eigenvalue weighted by molar-refractivity contribution is 0.0595. The van der Waals surface area contributed by atoms with Crippen molar-refractivity contribution in [2.24, 2.45) is 0 Å². The van der Waals surface area contributed by atoms with Crippen molar-refractivity contribution in [1.29, 1.82) is 0 Å². The molecule has 0 spiro atoms. The number of rotatable bonds is 5. The number of sulfonamides is 1. The summed E-state index contributed by atoms with van der Waals surface area (Å²) < 4.78 is 49.7. The van der Waals surface area contributed by atoms with Crippen molar-refractivity contribution in [2.45, 2.75) is 11.4 Å². The maximum absolute atomic E-state index is 13.0. The van der Waals surface area contributed by atoms with Crippen LogP contribution < -0.4 is 0 Å². The Morgan fingerprint density at radius 2 is 1.81 bits per heavy atom. The van der Waals surface area contributed by atoms with Gasteiger partial charge >= 0.3 is 5.97 Å². The molecule has 0 unspecified atom stereocenters. The first-order valence-electron chi connectivity index (χ1n) is 8.04. The van der Waals surface area contributed by atoms with Crippen molar-refractivity contribution >= 4 is 16.0 Å². The van der Waals surface area contributed by atoms with E-state index in [9.17, 15) is 17.6 Å². The number of benzene rings is 1. The molecular weight excluding hydrogens is 363 g/mol. The van der Waals surface area contributed by atoms with Crippen LogP contribution in [0, 0.1) is 5.82 Å². The summed E-state index contributed by atoms with van der Waals surface area (Å²) in [5, 5.41) is 0. The summed E-state index contributed by atoms with van der Waals surface area (Å²) in [5.74, 6) is -0.452. The maximum atomic E-state index is 13.0. The summed E-state index contributed by atoms with van der Waals surface area (Å²) >= 11 is 0. The van der Waals surface area contributed by atoms with Crippen LogP contribution in [0.15, 0.2) is 45.9 Å². The minimum atomic E-state index is -3.65. The molecule has 0 bridgehead atoms. The van der Waals surface area contributed by atoms with Gasteiger partial charge in [0.05, 0.1) is 24.8 Å². The topological polar surface area (TPSA) is 80.1 Å². The van der Waals surface area contributed by atoms with Crippen molar-refractivity contribution in [3.8, 4) is 0 Å². The number of methoxy groups -OCH3 is 1. The summed E-state index contributed by atoms with van der Waals surface area (Å²) in [7, 11) is -2.34. The van der Waals surface area contributed by atoms with Gasteiger partial charge in [-0.05, 0) is 30.3 Å². The quantitative estimate of drug-likeness (QED) is 0.733. The molecule has 1 fully saturated rings. The van der Waals surface area contributed by atoms with Gasteiger partial charge in [0.15, 0.2) is 0 Å². The average Bonchev–Trinajstić information content (AvgIpc) is 3.10. The summed E-state index contributed by atoms with van der Waals surface area (Å²) in [4.78, 5) is 13.8. The van der Waals surface area contributed by atoms with E-state index in [2.05, 4.69) is 0 Å². The van der Waals surface area contributed by atoms with Crippen LogP contribution in [-0.2, 0) is 21.3 Å². The number of halogens is 1. The fourth-order valence-electron chi connectivity index (χ4n) is 2.84. The van der Waals surface area contributed by atoms with Crippen molar-refractivity contribution < 1.29 is 26.8 Å². The van der Waals surface area contributed by atoms with E-state index < -0.39 is 21.8 Å². The van der Waals surface area contributed by atoms with E-state index in [1.54, 1.807) is 6.07 Å². The molecule has 0 N–H and O–H groups in total. The van der Waals surface area contributed by atoms with Gasteiger partial charge in [0.25, 0.3) is 0 Å². The number of carbonyl (C=O) groups is 1. The number of nitrogens with zero attached hydrogens (tertiary/aromatic N) is 2. The SMILES string of the molecule is COC(=O)c1ccoc1CN1CCN(S(=O)(=O)c2ccc(F)cc2)CC1. The molecule has 1 aliphatic heterocycles. The Hall–Kier alpha value is -2.23. The number of furan rings is 1. The van der Waals surface area contributed by atoms with Gasteiger partial charge in [-0.2, -0.15) is 4.31 Å². The van der Waals surface area contributed by atoms with Crippen molar-refractivity contribution in [3.63, 3.8) is 0 Å². The predicted molar refractivity (Wildman–Crippen MR) is 90.5 cm³/mol. The zero-order valence-electron chi connectivity index (χ0n) is 14.2. The fourth-order valence-corrected chi connectivity index (χ4v) is 4.26. The van der Waals surface area contributed by atoms with E-state index >= 15 is 0 Å². The number of ether oxygens (including phenoxy) is 1. The Balaban J connectivity index is 1.63. The summed E-state index contributed by atoms with van der Waals surface area (Å²) in [6, 6.07) is 6.35. The van der Waals surface area contributed by atoms with Crippen LogP contribution in [0.25, 0.3) is 0 Å². The molecule has 0 radical (unpaired) electrons. The molecule has 140 valence electrons. The van der Waals surface area contributed by atoms with Crippen LogP contribution in [0.5, 0.6) is 0 Å². The van der Waals surface area contributed by atoms with Crippen molar-refractivity contribution in [1.82, 2.24) is 9.21 Å². The number of hydrogen-bond acceptors (Lipinski definition) is 6. The number of hydrogen-bond donors (Lipinski definition) is 0. The molecule has 0 amide bonds. The number of piperazine rings is 1. The lowest BCUT2D eigenvalue weighted by Gasteiger charge is -2.33. The predicted octanol–water partition coefficient (Wildman–Crippen LogP) is 1.71. The third-order valence-electron chi connectivity index (χ3n) is 4.30. The first-order chi connectivity index (χ1) is 12.4. The van der Waals surface area contributed by atoms with Crippen LogP contribution in [-0.4, -0.2) is 56.9 Å². The second-order valence-corrected chi connectivity index (χ2v) is 7.82. The summed E-state index contributed by atoms with van der Waals surface area (Å²) in [6.45, 7) is 1.97. The van der Waals surface area contributed by atoms with Crippen molar-refractivity contribution in [3.05, 3.63) is 53.7 Å². The molecule has 2 aromatic rings. The lowest BCUT2D eigenvalue weighted by Crippen LogP contribution is -2.48. The van der Waals surface area contributed by atoms with Crippen LogP contribution in [0.3, 0.4) is 0 Å². The molecule has 1 saturated heterocycles. The Bertz CT molecular complexity index is 871. The summed E-state index contributed by atoms with van der Waals surface area (Å²) in [5.41, 5.74) is 0.369. The van der Waals surface area contributed by atoms with Crippen LogP contribution in [0.1, 0.15) is 16.1 Å². The largest absolute Gasteiger partial charge is 0.467 e. The van der Waals surface area contributed by atoms with Gasteiger partial charge in [0.2, 0.25) is 10.0 Å². The zero-order valence-corrected chi connectivity index (χ0v) is 15.0. The van der Waals surface area contributed by atoms with E-state index in [4.69, 9.17) is 9.15 Å². The summed E-state index contributed by atoms with van der Waals surface area (Å²) in [6.07, 6.45) is 1.43.